The average Bonchev–Trinajstić information content (AvgIpc) is 3.56. The number of hydrogen-bond donors (Lipinski definition) is 2. The Morgan fingerprint density at radius 2 is 1.69 bits per heavy atom. The summed E-state index contributed by atoms with van der Waals surface area (Å²) in [7, 11) is 0. The number of carbonyl (C=O) groups excluding carboxylic acids is 4. The summed E-state index contributed by atoms with van der Waals surface area (Å²) in [6, 6.07) is 12.8. The average molecular weight is 654 g/mol. The van der Waals surface area contributed by atoms with Crippen LogP contribution < -0.4 is 10.6 Å². The number of carbonyl (C=O) groups is 4. The van der Waals surface area contributed by atoms with E-state index >= 15 is 0 Å². The molecule has 0 aliphatic rings. The quantitative estimate of drug-likeness (QED) is 0.150. The van der Waals surface area contributed by atoms with Gasteiger partial charge in [-0.3, -0.25) is 14.2 Å². The lowest BCUT2D eigenvalue weighted by Crippen LogP contribution is -2.25. The minimum atomic E-state index is -0.772. The van der Waals surface area contributed by atoms with Crippen molar-refractivity contribution < 1.29 is 33.0 Å². The van der Waals surface area contributed by atoms with Gasteiger partial charge >= 0.3 is 11.9 Å². The molecule has 0 fully saturated rings. The van der Waals surface area contributed by atoms with E-state index in [-0.39, 0.29) is 41.1 Å². The van der Waals surface area contributed by atoms with Crippen LogP contribution in [-0.2, 0) is 20.8 Å². The summed E-state index contributed by atoms with van der Waals surface area (Å²) in [4.78, 5) is 51.7. The number of aryl methyl sites for hydroxylation is 1. The van der Waals surface area contributed by atoms with E-state index in [0.717, 1.165) is 28.7 Å². The first-order valence-electron chi connectivity index (χ1n) is 14.0. The normalized spacial score (nSPS) is 11.5. The number of thioether (sulfide) groups is 1. The second-order valence-corrected chi connectivity index (χ2v) is 12.0. The molecule has 2 aromatic carbocycles. The molecule has 45 heavy (non-hydrogen) atoms. The van der Waals surface area contributed by atoms with E-state index in [0.29, 0.717) is 27.8 Å². The zero-order chi connectivity index (χ0) is 32.7. The van der Waals surface area contributed by atoms with Crippen molar-refractivity contribution in [3.8, 4) is 5.69 Å². The molecule has 0 aliphatic heterocycles. The van der Waals surface area contributed by atoms with Gasteiger partial charge in [-0.2, -0.15) is 0 Å². The molecule has 1 atom stereocenters. The van der Waals surface area contributed by atoms with Crippen molar-refractivity contribution in [2.45, 2.75) is 51.6 Å². The van der Waals surface area contributed by atoms with Crippen molar-refractivity contribution in [1.82, 2.24) is 20.1 Å². The lowest BCUT2D eigenvalue weighted by molar-refractivity contribution is -0.115. The van der Waals surface area contributed by atoms with Gasteiger partial charge in [0, 0.05) is 11.3 Å². The Hall–Kier alpha value is -4.56. The number of nitrogens with zero attached hydrogens (tertiary/aromatic N) is 3. The van der Waals surface area contributed by atoms with E-state index in [1.807, 2.05) is 13.0 Å². The summed E-state index contributed by atoms with van der Waals surface area (Å²) in [6.07, 6.45) is 0. The van der Waals surface area contributed by atoms with Crippen molar-refractivity contribution in [2.75, 3.05) is 18.5 Å². The number of thiophene rings is 1. The van der Waals surface area contributed by atoms with E-state index in [4.69, 9.17) is 9.47 Å². The number of hydrogen-bond acceptors (Lipinski definition) is 10. The van der Waals surface area contributed by atoms with Crippen LogP contribution in [0.25, 0.3) is 5.69 Å². The number of nitrogens with one attached hydrogen (secondary N) is 2. The SMILES string of the molecule is CCOC(=O)c1sc(NC(=O)[C@H](C)Sc2nnc(CNC(=O)c3cccc(C)c3)n2-c2ccc(F)cc2)c(C(=O)OCC)c1C. The van der Waals surface area contributed by atoms with E-state index < -0.39 is 28.9 Å². The number of aromatic nitrogens is 3. The van der Waals surface area contributed by atoms with Gasteiger partial charge in [-0.1, -0.05) is 29.5 Å². The molecule has 14 heteroatoms. The summed E-state index contributed by atoms with van der Waals surface area (Å²) < 4.78 is 25.7. The third-order valence-electron chi connectivity index (χ3n) is 6.45. The van der Waals surface area contributed by atoms with Gasteiger partial charge in [0.25, 0.3) is 5.91 Å². The highest BCUT2D eigenvalue weighted by atomic mass is 32.2. The predicted molar refractivity (Wildman–Crippen MR) is 169 cm³/mol. The van der Waals surface area contributed by atoms with Crippen molar-refractivity contribution >= 4 is 51.9 Å². The minimum Gasteiger partial charge on any atom is -0.462 e. The Labute approximate surface area is 267 Å². The maximum atomic E-state index is 13.8. The third kappa shape index (κ3) is 7.94. The number of esters is 2. The smallest absolute Gasteiger partial charge is 0.348 e. The molecule has 0 bridgehead atoms. The standard InChI is InChI=1S/C31H32FN5O6S2/c1-6-42-29(40)24-18(4)25(30(41)43-7-2)45-28(24)34-26(38)19(5)44-31-36-35-23(37(31)22-13-11-21(32)12-14-22)16-33-27(39)20-10-8-9-17(3)15-20/h8-15,19H,6-7,16H2,1-5H3,(H,33,39)(H,34,38)/t19-/m0/s1. The molecule has 4 rings (SSSR count). The number of benzene rings is 2. The number of halogens is 1. The summed E-state index contributed by atoms with van der Waals surface area (Å²) in [5, 5.41) is 13.8. The lowest BCUT2D eigenvalue weighted by atomic mass is 10.1. The van der Waals surface area contributed by atoms with Crippen LogP contribution in [0.5, 0.6) is 0 Å². The highest BCUT2D eigenvalue weighted by Gasteiger charge is 2.29. The number of amides is 2. The van der Waals surface area contributed by atoms with E-state index in [1.165, 1.54) is 24.3 Å². The zero-order valence-corrected chi connectivity index (χ0v) is 26.9. The monoisotopic (exact) mass is 653 g/mol. The van der Waals surface area contributed by atoms with Crippen LogP contribution in [0.1, 0.15) is 68.1 Å². The molecule has 0 saturated carbocycles. The number of anilines is 1. The van der Waals surface area contributed by atoms with Crippen LogP contribution in [0, 0.1) is 19.7 Å². The van der Waals surface area contributed by atoms with Crippen molar-refractivity contribution in [2.24, 2.45) is 0 Å². The second kappa shape index (κ2) is 14.9. The maximum Gasteiger partial charge on any atom is 0.348 e. The van der Waals surface area contributed by atoms with Crippen LogP contribution in [0.4, 0.5) is 9.39 Å². The molecule has 2 heterocycles. The molecule has 11 nitrogen and oxygen atoms in total. The van der Waals surface area contributed by atoms with Gasteiger partial charge in [-0.05, 0) is 76.6 Å². The first kappa shape index (κ1) is 33.3. The zero-order valence-electron chi connectivity index (χ0n) is 25.3. The second-order valence-electron chi connectivity index (χ2n) is 9.71. The topological polar surface area (TPSA) is 142 Å². The molecular formula is C31H32FN5O6S2. The molecule has 0 saturated heterocycles. The summed E-state index contributed by atoms with van der Waals surface area (Å²) in [6.45, 7) is 8.70. The van der Waals surface area contributed by atoms with Crippen molar-refractivity contribution in [3.05, 3.63) is 87.3 Å². The predicted octanol–water partition coefficient (Wildman–Crippen LogP) is 5.49. The molecule has 0 unspecified atom stereocenters. The van der Waals surface area contributed by atoms with Crippen molar-refractivity contribution in [1.29, 1.82) is 0 Å². The molecule has 2 N–H and O–H groups in total. The Morgan fingerprint density at radius 3 is 2.36 bits per heavy atom. The number of rotatable bonds is 12. The highest BCUT2D eigenvalue weighted by Crippen LogP contribution is 2.35. The van der Waals surface area contributed by atoms with Crippen LogP contribution in [0.15, 0.2) is 53.7 Å². The van der Waals surface area contributed by atoms with Crippen LogP contribution in [0.3, 0.4) is 0 Å². The van der Waals surface area contributed by atoms with Gasteiger partial charge in [-0.25, -0.2) is 14.0 Å². The van der Waals surface area contributed by atoms with E-state index in [1.54, 1.807) is 50.5 Å². The summed E-state index contributed by atoms with van der Waals surface area (Å²) >= 11 is 2.00. The Morgan fingerprint density at radius 1 is 1.00 bits per heavy atom. The van der Waals surface area contributed by atoms with Gasteiger partial charge < -0.3 is 20.1 Å². The fourth-order valence-electron chi connectivity index (χ4n) is 4.26. The van der Waals surface area contributed by atoms with Crippen LogP contribution in [0.2, 0.25) is 0 Å². The fraction of sp³-hybridized carbons (Fsp3) is 0.290. The Bertz CT molecular complexity index is 1720. The third-order valence-corrected chi connectivity index (χ3v) is 8.68. The molecule has 2 amide bonds. The number of ether oxygens (including phenoxy) is 2. The summed E-state index contributed by atoms with van der Waals surface area (Å²) in [5.74, 6) is -2.15. The van der Waals surface area contributed by atoms with Gasteiger partial charge in [0.15, 0.2) is 11.0 Å². The minimum absolute atomic E-state index is 0.00625. The first-order valence-corrected chi connectivity index (χ1v) is 15.7. The molecule has 236 valence electrons. The molecule has 0 radical (unpaired) electrons. The van der Waals surface area contributed by atoms with E-state index in [2.05, 4.69) is 20.8 Å². The van der Waals surface area contributed by atoms with Gasteiger partial charge in [-0.15, -0.1) is 21.5 Å². The molecule has 0 spiro atoms. The Kier molecular flexibility index (Phi) is 11.1. The first-order chi connectivity index (χ1) is 21.5. The largest absolute Gasteiger partial charge is 0.462 e. The molecule has 0 aliphatic carbocycles. The van der Waals surface area contributed by atoms with Gasteiger partial charge in [0.1, 0.15) is 15.7 Å². The molecule has 2 aromatic heterocycles. The fourth-order valence-corrected chi connectivity index (χ4v) is 6.23. The molecular weight excluding hydrogens is 622 g/mol. The van der Waals surface area contributed by atoms with Gasteiger partial charge in [0.05, 0.1) is 30.6 Å². The highest BCUT2D eigenvalue weighted by molar-refractivity contribution is 8.00. The maximum absolute atomic E-state index is 13.8. The van der Waals surface area contributed by atoms with Crippen molar-refractivity contribution in [3.63, 3.8) is 0 Å². The Balaban J connectivity index is 1.58. The lowest BCUT2D eigenvalue weighted by Gasteiger charge is -2.14. The molecule has 4 aromatic rings. The van der Waals surface area contributed by atoms with E-state index in [9.17, 15) is 23.6 Å². The van der Waals surface area contributed by atoms with Crippen LogP contribution >= 0.6 is 23.1 Å². The van der Waals surface area contributed by atoms with Crippen LogP contribution in [-0.4, -0.2) is 57.0 Å². The summed E-state index contributed by atoms with van der Waals surface area (Å²) in [5.41, 5.74) is 2.37. The van der Waals surface area contributed by atoms with Gasteiger partial charge in [0.2, 0.25) is 5.91 Å².